The molecule has 3 aromatic heterocycles. The molecule has 39 heavy (non-hydrogen) atoms. The molecule has 0 aliphatic carbocycles. The van der Waals surface area contributed by atoms with Gasteiger partial charge in [-0.3, -0.25) is 13.9 Å². The van der Waals surface area contributed by atoms with Crippen LogP contribution in [0.3, 0.4) is 0 Å². The van der Waals surface area contributed by atoms with Gasteiger partial charge in [0, 0.05) is 7.05 Å². The van der Waals surface area contributed by atoms with Crippen LogP contribution in [0, 0.1) is 0 Å². The Balaban J connectivity index is 1.30. The monoisotopic (exact) mass is 597 g/mol. The van der Waals surface area contributed by atoms with Gasteiger partial charge in [-0.05, 0) is 19.8 Å². The third kappa shape index (κ3) is 7.54. The van der Waals surface area contributed by atoms with Crippen molar-refractivity contribution in [3.05, 3.63) is 30.4 Å². The number of aromatic nitrogens is 6. The van der Waals surface area contributed by atoms with Crippen LogP contribution in [0.15, 0.2) is 23.8 Å². The van der Waals surface area contributed by atoms with Crippen molar-refractivity contribution < 1.29 is 27.9 Å². The van der Waals surface area contributed by atoms with Gasteiger partial charge < -0.3 is 34.1 Å². The van der Waals surface area contributed by atoms with Gasteiger partial charge in [-0.2, -0.15) is 4.99 Å². The summed E-state index contributed by atoms with van der Waals surface area (Å²) in [5.74, 6) is 1.10. The Morgan fingerprint density at radius 3 is 3.08 bits per heavy atom. The van der Waals surface area contributed by atoms with E-state index in [0.29, 0.717) is 42.1 Å². The third-order valence-corrected chi connectivity index (χ3v) is 7.56. The SMILES string of the molecule is CN/C(N)=N\c1c(C=O)ncn1C1CCC(COP(S)O[C@@H](C)Cn2c(COCP=O)nc3cncnc32)O1. The average molecular weight is 598 g/mol. The highest BCUT2D eigenvalue weighted by molar-refractivity contribution is 8.41. The van der Waals surface area contributed by atoms with E-state index in [9.17, 15) is 9.36 Å². The van der Waals surface area contributed by atoms with Crippen molar-refractivity contribution in [2.75, 3.05) is 20.0 Å². The van der Waals surface area contributed by atoms with Crippen LogP contribution in [0.5, 0.6) is 0 Å². The number of hydrogen-bond acceptors (Lipinski definition) is 12. The highest BCUT2D eigenvalue weighted by atomic mass is 32.7. The van der Waals surface area contributed by atoms with E-state index in [0.717, 1.165) is 6.42 Å². The smallest absolute Gasteiger partial charge is 0.235 e. The van der Waals surface area contributed by atoms with Gasteiger partial charge in [0.15, 0.2) is 32.2 Å². The Kier molecular flexibility index (Phi) is 10.7. The normalized spacial score (nSPS) is 19.5. The maximum absolute atomic E-state index is 11.4. The lowest BCUT2D eigenvalue weighted by Crippen LogP contribution is -2.27. The van der Waals surface area contributed by atoms with Crippen LogP contribution in [0.2, 0.25) is 0 Å². The van der Waals surface area contributed by atoms with Gasteiger partial charge in [-0.15, -0.1) is 0 Å². The Hall–Kier alpha value is -2.58. The van der Waals surface area contributed by atoms with Crippen LogP contribution in [-0.4, -0.2) is 73.5 Å². The van der Waals surface area contributed by atoms with Gasteiger partial charge in [-0.25, -0.2) is 19.9 Å². The van der Waals surface area contributed by atoms with E-state index in [1.54, 1.807) is 17.8 Å². The summed E-state index contributed by atoms with van der Waals surface area (Å²) in [4.78, 5) is 32.6. The topological polar surface area (TPSA) is 183 Å². The Labute approximate surface area is 232 Å². The van der Waals surface area contributed by atoms with Gasteiger partial charge >= 0.3 is 0 Å². The first-order valence-corrected chi connectivity index (χ1v) is 15.3. The molecule has 3 unspecified atom stereocenters. The molecule has 1 aliphatic heterocycles. The predicted octanol–water partition coefficient (Wildman–Crippen LogP) is 2.72. The predicted molar refractivity (Wildman–Crippen MR) is 146 cm³/mol. The Morgan fingerprint density at radius 1 is 1.46 bits per heavy atom. The zero-order chi connectivity index (χ0) is 27.8. The number of aliphatic imine (C=N–C) groups is 1. The van der Waals surface area contributed by atoms with E-state index < -0.39 is 7.58 Å². The molecular formula is C21H29N9O6P2S. The minimum absolute atomic E-state index is 0.0679. The van der Waals surface area contributed by atoms with Crippen LogP contribution in [0.25, 0.3) is 11.2 Å². The quantitative estimate of drug-likeness (QED) is 0.0618. The average Bonchev–Trinajstić information content (AvgIpc) is 3.65. The summed E-state index contributed by atoms with van der Waals surface area (Å²) in [7, 11) is 0.0235. The summed E-state index contributed by atoms with van der Waals surface area (Å²) in [6, 6.07) is 0. The second-order valence-corrected chi connectivity index (χ2v) is 10.9. The number of ether oxygens (including phenoxy) is 2. The standard InChI is InChI=1S/C21H29N9O6P2S/c1-13(6-29-17(9-33-12-37-32)27-15-5-24-10-25-19(15)29)36-38(39)34-8-14-3-4-18(35-14)30-11-26-16(7-31)20(30)28-21(22)23-2/h5,7,10-11,13-14,18,39H,3-4,6,8-9,12H2,1-2H3,(H3,22,23,28)/t13-,14?,18?,38?/m0/s1. The lowest BCUT2D eigenvalue weighted by molar-refractivity contribution is -0.0172. The molecule has 0 saturated carbocycles. The van der Waals surface area contributed by atoms with Crippen molar-refractivity contribution in [3.63, 3.8) is 0 Å². The number of thiol groups is 1. The van der Waals surface area contributed by atoms with Gasteiger partial charge in [0.1, 0.15) is 42.5 Å². The molecule has 0 amide bonds. The second-order valence-electron chi connectivity index (χ2n) is 8.44. The highest BCUT2D eigenvalue weighted by Gasteiger charge is 2.30. The molecule has 0 aromatic carbocycles. The number of guanidine groups is 1. The molecular weight excluding hydrogens is 568 g/mol. The number of carbonyl (C=O) groups excluding carboxylic acids is 1. The summed E-state index contributed by atoms with van der Waals surface area (Å²) in [5, 5.41) is 2.73. The van der Waals surface area contributed by atoms with Crippen LogP contribution in [-0.2, 0) is 36.2 Å². The molecule has 0 radical (unpaired) electrons. The van der Waals surface area contributed by atoms with Gasteiger partial charge in [0.25, 0.3) is 0 Å². The number of hydrogen-bond donors (Lipinski definition) is 3. The second kappa shape index (κ2) is 14.2. The number of nitrogens with one attached hydrogen (secondary N) is 1. The first-order valence-electron chi connectivity index (χ1n) is 11.9. The van der Waals surface area contributed by atoms with Crippen molar-refractivity contribution in [2.24, 2.45) is 10.7 Å². The van der Waals surface area contributed by atoms with E-state index >= 15 is 0 Å². The fourth-order valence-corrected chi connectivity index (χ4v) is 5.56. The van der Waals surface area contributed by atoms with E-state index in [-0.39, 0.29) is 58.1 Å². The van der Waals surface area contributed by atoms with Crippen LogP contribution in [0.1, 0.15) is 42.3 Å². The number of fused-ring (bicyclic) bond motifs is 1. The molecule has 1 fully saturated rings. The molecule has 15 nitrogen and oxygen atoms in total. The number of imidazole rings is 2. The van der Waals surface area contributed by atoms with Gasteiger partial charge in [0.2, 0.25) is 7.58 Å². The lowest BCUT2D eigenvalue weighted by Gasteiger charge is -2.21. The Bertz CT molecular complexity index is 1310. The van der Waals surface area contributed by atoms with E-state index in [4.69, 9.17) is 24.3 Å². The summed E-state index contributed by atoms with van der Waals surface area (Å²) in [6.45, 7) is 2.77. The maximum atomic E-state index is 11.4. The van der Waals surface area contributed by atoms with Gasteiger partial charge in [-0.1, -0.05) is 12.2 Å². The fraction of sp³-hybridized carbons (Fsp3) is 0.524. The molecule has 0 bridgehead atoms. The number of aldehydes is 1. The molecule has 4 atom stereocenters. The van der Waals surface area contributed by atoms with E-state index in [1.165, 1.54) is 12.7 Å². The number of nitrogens with zero attached hydrogens (tertiary/aromatic N) is 7. The minimum atomic E-state index is -1.51. The zero-order valence-corrected chi connectivity index (χ0v) is 24.0. The van der Waals surface area contributed by atoms with E-state index in [1.807, 2.05) is 11.5 Å². The molecule has 3 N–H and O–H groups in total. The molecule has 0 spiro atoms. The third-order valence-electron chi connectivity index (χ3n) is 5.73. The maximum Gasteiger partial charge on any atom is 0.235 e. The summed E-state index contributed by atoms with van der Waals surface area (Å²) >= 11 is 4.50. The molecule has 18 heteroatoms. The summed E-state index contributed by atoms with van der Waals surface area (Å²) in [6.07, 6.45) is 5.82. The van der Waals surface area contributed by atoms with Crippen molar-refractivity contribution >= 4 is 57.5 Å². The van der Waals surface area contributed by atoms with Crippen LogP contribution >= 0.6 is 28.3 Å². The van der Waals surface area contributed by atoms with Gasteiger partial charge in [0.05, 0.1) is 37.9 Å². The zero-order valence-electron chi connectivity index (χ0n) is 21.3. The lowest BCUT2D eigenvalue weighted by atomic mass is 10.2. The number of nitrogens with two attached hydrogens (primary N) is 1. The summed E-state index contributed by atoms with van der Waals surface area (Å²) in [5.41, 5.74) is 7.23. The van der Waals surface area contributed by atoms with Crippen molar-refractivity contribution in [1.82, 2.24) is 34.4 Å². The fourth-order valence-electron chi connectivity index (χ4n) is 3.98. The molecule has 4 heterocycles. The molecule has 3 aromatic rings. The Morgan fingerprint density at radius 2 is 2.31 bits per heavy atom. The molecule has 4 rings (SSSR count). The van der Waals surface area contributed by atoms with Crippen molar-refractivity contribution in [2.45, 2.75) is 51.4 Å². The summed E-state index contributed by atoms with van der Waals surface area (Å²) < 4.78 is 37.7. The van der Waals surface area contributed by atoms with Crippen molar-refractivity contribution in [3.8, 4) is 0 Å². The number of rotatable bonds is 14. The van der Waals surface area contributed by atoms with Crippen LogP contribution < -0.4 is 11.1 Å². The van der Waals surface area contributed by atoms with E-state index in [2.05, 4.69) is 42.5 Å². The van der Waals surface area contributed by atoms with Crippen molar-refractivity contribution in [1.29, 1.82) is 0 Å². The molecule has 1 aliphatic rings. The first-order chi connectivity index (χ1) is 18.9. The molecule has 1 saturated heterocycles. The largest absolute Gasteiger partial charge is 0.370 e. The minimum Gasteiger partial charge on any atom is -0.370 e. The first kappa shape index (κ1) is 29.4. The van der Waals surface area contributed by atoms with Crippen LogP contribution in [0.4, 0.5) is 5.82 Å². The number of carbonyl (C=O) groups is 1. The highest BCUT2D eigenvalue weighted by Crippen LogP contribution is 2.45. The molecule has 210 valence electrons.